The molecule has 3 rings (SSSR count). The molecule has 0 radical (unpaired) electrons. The van der Waals surface area contributed by atoms with Gasteiger partial charge in [-0.05, 0) is 30.3 Å². The summed E-state index contributed by atoms with van der Waals surface area (Å²) in [6.07, 6.45) is 4.33. The molecular weight excluding hydrogens is 362 g/mol. The Labute approximate surface area is 159 Å². The summed E-state index contributed by atoms with van der Waals surface area (Å²) in [5, 5.41) is 23.1. The molecule has 0 unspecified atom stereocenters. The molecule has 0 saturated heterocycles. The number of ether oxygens (including phenoxy) is 1. The lowest BCUT2D eigenvalue weighted by Gasteiger charge is -2.07. The number of nitro groups is 1. The summed E-state index contributed by atoms with van der Waals surface area (Å²) in [6, 6.07) is 13.5. The number of aromatic nitrogens is 2. The molecule has 3 aromatic rings. The van der Waals surface area contributed by atoms with E-state index in [4.69, 9.17) is 4.74 Å². The third kappa shape index (κ3) is 4.69. The number of pyridine rings is 2. The van der Waals surface area contributed by atoms with Gasteiger partial charge in [0.2, 0.25) is 5.84 Å². The van der Waals surface area contributed by atoms with Gasteiger partial charge in [0.1, 0.15) is 11.9 Å². The van der Waals surface area contributed by atoms with Crippen LogP contribution in [0.3, 0.4) is 0 Å². The van der Waals surface area contributed by atoms with Crippen molar-refractivity contribution in [2.24, 2.45) is 15.3 Å². The molecule has 10 heteroatoms. The Morgan fingerprint density at radius 1 is 1.14 bits per heavy atom. The number of azo groups is 1. The van der Waals surface area contributed by atoms with Gasteiger partial charge in [0.25, 0.3) is 5.69 Å². The second-order valence-electron chi connectivity index (χ2n) is 5.32. The SMILES string of the molecule is COc1ccccc1NN=C(N=Nc1ccc([N+](=O)[O-])cn1)c1cccnc1. The quantitative estimate of drug-likeness (QED) is 0.228. The summed E-state index contributed by atoms with van der Waals surface area (Å²) in [7, 11) is 1.56. The predicted molar refractivity (Wildman–Crippen MR) is 103 cm³/mol. The van der Waals surface area contributed by atoms with E-state index in [0.717, 1.165) is 6.20 Å². The Balaban J connectivity index is 1.88. The molecule has 140 valence electrons. The van der Waals surface area contributed by atoms with Crippen molar-refractivity contribution in [1.82, 2.24) is 9.97 Å². The van der Waals surface area contributed by atoms with Crippen molar-refractivity contribution in [2.75, 3.05) is 12.5 Å². The first kappa shape index (κ1) is 18.6. The fraction of sp³-hybridized carbons (Fsp3) is 0.0556. The van der Waals surface area contributed by atoms with Crippen molar-refractivity contribution in [3.8, 4) is 5.75 Å². The van der Waals surface area contributed by atoms with Crippen LogP contribution in [0, 0.1) is 10.1 Å². The Kier molecular flexibility index (Phi) is 5.93. The van der Waals surface area contributed by atoms with E-state index in [9.17, 15) is 10.1 Å². The number of hydrogen-bond donors (Lipinski definition) is 1. The number of nitrogens with one attached hydrogen (secondary N) is 1. The molecular formula is C18H15N7O3. The highest BCUT2D eigenvalue weighted by Gasteiger charge is 2.07. The Hall–Kier alpha value is -4.21. The molecule has 0 atom stereocenters. The normalized spacial score (nSPS) is 11.4. The Morgan fingerprint density at radius 2 is 2.00 bits per heavy atom. The largest absolute Gasteiger partial charge is 0.495 e. The third-order valence-electron chi connectivity index (χ3n) is 3.50. The number of anilines is 1. The highest BCUT2D eigenvalue weighted by Crippen LogP contribution is 2.23. The molecule has 0 aliphatic rings. The van der Waals surface area contributed by atoms with Gasteiger partial charge in [-0.15, -0.1) is 10.2 Å². The van der Waals surface area contributed by atoms with E-state index in [1.165, 1.54) is 12.1 Å². The number of amidine groups is 1. The van der Waals surface area contributed by atoms with Crippen LogP contribution in [0.1, 0.15) is 5.56 Å². The minimum atomic E-state index is -0.534. The first-order valence-corrected chi connectivity index (χ1v) is 8.06. The third-order valence-corrected chi connectivity index (χ3v) is 3.50. The number of nitrogens with zero attached hydrogens (tertiary/aromatic N) is 6. The number of para-hydroxylation sites is 2. The maximum absolute atomic E-state index is 10.7. The number of rotatable bonds is 6. The van der Waals surface area contributed by atoms with E-state index in [-0.39, 0.29) is 17.3 Å². The summed E-state index contributed by atoms with van der Waals surface area (Å²) >= 11 is 0. The average molecular weight is 377 g/mol. The van der Waals surface area contributed by atoms with Gasteiger partial charge in [0.15, 0.2) is 5.82 Å². The van der Waals surface area contributed by atoms with Crippen LogP contribution < -0.4 is 10.2 Å². The lowest BCUT2D eigenvalue weighted by molar-refractivity contribution is -0.385. The molecule has 0 amide bonds. The van der Waals surface area contributed by atoms with Crippen molar-refractivity contribution in [3.05, 3.63) is 82.8 Å². The lowest BCUT2D eigenvalue weighted by atomic mass is 10.3. The second-order valence-corrected chi connectivity index (χ2v) is 5.32. The van der Waals surface area contributed by atoms with Crippen LogP contribution in [0.5, 0.6) is 5.75 Å². The van der Waals surface area contributed by atoms with Crippen LogP contribution in [-0.4, -0.2) is 27.8 Å². The van der Waals surface area contributed by atoms with E-state index >= 15 is 0 Å². The first-order chi connectivity index (χ1) is 13.7. The number of hydrogen-bond acceptors (Lipinski definition) is 8. The molecule has 0 aliphatic carbocycles. The molecule has 1 N–H and O–H groups in total. The standard InChI is InChI=1S/C18H15N7O3/c1-28-16-7-3-2-6-15(16)21-23-18(13-5-4-10-19-11-13)24-22-17-9-8-14(12-20-17)25(26)27/h2-12,21H,1H3. The molecule has 1 aromatic carbocycles. The topological polar surface area (TPSA) is 127 Å². The molecule has 2 heterocycles. The van der Waals surface area contributed by atoms with Crippen LogP contribution in [0.2, 0.25) is 0 Å². The van der Waals surface area contributed by atoms with Gasteiger partial charge in [-0.3, -0.25) is 20.5 Å². The predicted octanol–water partition coefficient (Wildman–Crippen LogP) is 3.95. The van der Waals surface area contributed by atoms with Crippen LogP contribution in [0.4, 0.5) is 17.2 Å². The average Bonchev–Trinajstić information content (AvgIpc) is 2.75. The number of methoxy groups -OCH3 is 1. The van der Waals surface area contributed by atoms with Crippen molar-refractivity contribution < 1.29 is 9.66 Å². The summed E-state index contributed by atoms with van der Waals surface area (Å²) < 4.78 is 5.28. The zero-order valence-corrected chi connectivity index (χ0v) is 14.8. The lowest BCUT2D eigenvalue weighted by Crippen LogP contribution is -2.02. The molecule has 0 saturated carbocycles. The minimum absolute atomic E-state index is 0.127. The van der Waals surface area contributed by atoms with E-state index in [2.05, 4.69) is 30.7 Å². The van der Waals surface area contributed by atoms with Crippen LogP contribution in [-0.2, 0) is 0 Å². The smallest absolute Gasteiger partial charge is 0.287 e. The number of hydrazone groups is 1. The molecule has 10 nitrogen and oxygen atoms in total. The van der Waals surface area contributed by atoms with E-state index < -0.39 is 4.92 Å². The van der Waals surface area contributed by atoms with Crippen molar-refractivity contribution in [1.29, 1.82) is 0 Å². The van der Waals surface area contributed by atoms with Gasteiger partial charge in [-0.2, -0.15) is 5.10 Å². The van der Waals surface area contributed by atoms with Gasteiger partial charge in [0.05, 0.1) is 17.7 Å². The van der Waals surface area contributed by atoms with Crippen LogP contribution >= 0.6 is 0 Å². The van der Waals surface area contributed by atoms with Crippen molar-refractivity contribution in [2.45, 2.75) is 0 Å². The zero-order valence-electron chi connectivity index (χ0n) is 14.8. The Morgan fingerprint density at radius 3 is 2.68 bits per heavy atom. The van der Waals surface area contributed by atoms with Gasteiger partial charge < -0.3 is 4.74 Å². The zero-order chi connectivity index (χ0) is 19.8. The van der Waals surface area contributed by atoms with Crippen LogP contribution in [0.15, 0.2) is 82.5 Å². The summed E-state index contributed by atoms with van der Waals surface area (Å²) in [5.74, 6) is 1.07. The van der Waals surface area contributed by atoms with Crippen molar-refractivity contribution >= 4 is 23.0 Å². The van der Waals surface area contributed by atoms with Gasteiger partial charge in [0, 0.05) is 24.0 Å². The summed E-state index contributed by atoms with van der Waals surface area (Å²) in [5.41, 5.74) is 4.04. The minimum Gasteiger partial charge on any atom is -0.495 e. The van der Waals surface area contributed by atoms with Gasteiger partial charge >= 0.3 is 0 Å². The second kappa shape index (κ2) is 8.94. The highest BCUT2D eigenvalue weighted by atomic mass is 16.6. The first-order valence-electron chi connectivity index (χ1n) is 8.06. The van der Waals surface area contributed by atoms with Crippen molar-refractivity contribution in [3.63, 3.8) is 0 Å². The summed E-state index contributed by atoms with van der Waals surface area (Å²) in [4.78, 5) is 18.1. The molecule has 0 spiro atoms. The van der Waals surface area contributed by atoms with E-state index in [1.807, 2.05) is 12.1 Å². The molecule has 0 bridgehead atoms. The monoisotopic (exact) mass is 377 g/mol. The fourth-order valence-electron chi connectivity index (χ4n) is 2.13. The molecule has 0 aliphatic heterocycles. The molecule has 0 fully saturated rings. The molecule has 28 heavy (non-hydrogen) atoms. The molecule has 2 aromatic heterocycles. The Bertz CT molecular complexity index is 1010. The van der Waals surface area contributed by atoms with Crippen LogP contribution in [0.25, 0.3) is 0 Å². The maximum atomic E-state index is 10.7. The number of benzene rings is 1. The maximum Gasteiger partial charge on any atom is 0.287 e. The van der Waals surface area contributed by atoms with Gasteiger partial charge in [-0.25, -0.2) is 4.98 Å². The fourth-order valence-corrected chi connectivity index (χ4v) is 2.13. The highest BCUT2D eigenvalue weighted by molar-refractivity contribution is 5.99. The van der Waals surface area contributed by atoms with Gasteiger partial charge in [-0.1, -0.05) is 12.1 Å². The van der Waals surface area contributed by atoms with E-state index in [1.54, 1.807) is 43.8 Å². The van der Waals surface area contributed by atoms with E-state index in [0.29, 0.717) is 17.0 Å². The summed E-state index contributed by atoms with van der Waals surface area (Å²) in [6.45, 7) is 0.